The summed E-state index contributed by atoms with van der Waals surface area (Å²) in [4.78, 5) is 22.4. The average Bonchev–Trinajstić information content (AvgIpc) is 3.21. The zero-order valence-corrected chi connectivity index (χ0v) is 21.8. The Kier molecular flexibility index (Phi) is 6.56. The molecule has 1 amide bonds. The molecule has 4 heterocycles. The largest absolute Gasteiger partial charge is 0.396 e. The Balaban J connectivity index is 1.47. The van der Waals surface area contributed by atoms with Crippen LogP contribution in [0.3, 0.4) is 0 Å². The second-order valence-corrected chi connectivity index (χ2v) is 11.8. The van der Waals surface area contributed by atoms with Gasteiger partial charge in [-0.05, 0) is 44.4 Å². The first-order chi connectivity index (χ1) is 17.1. The second kappa shape index (κ2) is 9.53. The van der Waals surface area contributed by atoms with E-state index < -0.39 is 10.0 Å². The van der Waals surface area contributed by atoms with Gasteiger partial charge < -0.3 is 14.9 Å². The summed E-state index contributed by atoms with van der Waals surface area (Å²) in [5.41, 5.74) is 2.82. The van der Waals surface area contributed by atoms with Gasteiger partial charge in [0.05, 0.1) is 29.2 Å². The Hall–Kier alpha value is -2.89. The van der Waals surface area contributed by atoms with Crippen LogP contribution in [0.5, 0.6) is 0 Å². The smallest absolute Gasteiger partial charge is 0.256 e. The monoisotopic (exact) mass is 532 g/mol. The van der Waals surface area contributed by atoms with Crippen molar-refractivity contribution >= 4 is 44.7 Å². The number of amides is 1. The Bertz CT molecular complexity index is 1420. The van der Waals surface area contributed by atoms with Gasteiger partial charge in [0.1, 0.15) is 5.82 Å². The van der Waals surface area contributed by atoms with Gasteiger partial charge in [0.25, 0.3) is 5.91 Å². The van der Waals surface area contributed by atoms with Crippen molar-refractivity contribution in [1.82, 2.24) is 19.5 Å². The van der Waals surface area contributed by atoms with Gasteiger partial charge in [-0.25, -0.2) is 17.9 Å². The minimum absolute atomic E-state index is 0.175. The van der Waals surface area contributed by atoms with Crippen LogP contribution in [0.15, 0.2) is 30.5 Å². The molecular weight excluding hydrogens is 504 g/mol. The van der Waals surface area contributed by atoms with Crippen LogP contribution in [0.4, 0.5) is 11.5 Å². The van der Waals surface area contributed by atoms with Gasteiger partial charge in [-0.15, -0.1) is 0 Å². The number of aryl methyl sites for hydroxylation is 1. The highest BCUT2D eigenvalue weighted by atomic mass is 35.5. The van der Waals surface area contributed by atoms with Crippen molar-refractivity contribution in [3.8, 4) is 0 Å². The van der Waals surface area contributed by atoms with Crippen LogP contribution in [-0.4, -0.2) is 71.4 Å². The number of carbonyl (C=O) groups excluding carboxylic acids is 1. The zero-order chi connectivity index (χ0) is 25.6. The maximum absolute atomic E-state index is 13.7. The van der Waals surface area contributed by atoms with Gasteiger partial charge >= 0.3 is 0 Å². The summed E-state index contributed by atoms with van der Waals surface area (Å²) >= 11 is 6.18. The molecule has 0 aliphatic carbocycles. The van der Waals surface area contributed by atoms with Crippen molar-refractivity contribution in [2.24, 2.45) is 5.92 Å². The lowest BCUT2D eigenvalue weighted by molar-refractivity contribution is 0.0607. The molecule has 192 valence electrons. The number of rotatable bonds is 6. The minimum Gasteiger partial charge on any atom is -0.396 e. The molecule has 2 N–H and O–H groups in total. The number of nitrogens with one attached hydrogen (secondary N) is 1. The summed E-state index contributed by atoms with van der Waals surface area (Å²) in [5.74, 6) is 0.856. The molecule has 0 saturated carbocycles. The molecular formula is C24H29ClN6O4S. The molecule has 1 aromatic carbocycles. The van der Waals surface area contributed by atoms with E-state index in [1.165, 1.54) is 12.1 Å². The van der Waals surface area contributed by atoms with E-state index in [9.17, 15) is 18.3 Å². The molecule has 3 aromatic rings. The molecule has 2 aliphatic heterocycles. The van der Waals surface area contributed by atoms with Gasteiger partial charge in [0.15, 0.2) is 5.65 Å². The van der Waals surface area contributed by atoms with Crippen molar-refractivity contribution in [3.63, 3.8) is 0 Å². The number of sulfonamides is 1. The van der Waals surface area contributed by atoms with Crippen LogP contribution in [0, 0.1) is 12.8 Å². The molecule has 0 radical (unpaired) electrons. The summed E-state index contributed by atoms with van der Waals surface area (Å²) in [5, 5.41) is 14.5. The van der Waals surface area contributed by atoms with E-state index in [4.69, 9.17) is 21.7 Å². The Labute approximate surface area is 214 Å². The third-order valence-corrected chi connectivity index (χ3v) is 7.58. The maximum Gasteiger partial charge on any atom is 0.256 e. The van der Waals surface area contributed by atoms with Crippen LogP contribution >= 0.6 is 11.6 Å². The Morgan fingerprint density at radius 3 is 2.75 bits per heavy atom. The topological polar surface area (TPSA) is 120 Å². The van der Waals surface area contributed by atoms with E-state index in [-0.39, 0.29) is 35.7 Å². The number of likely N-dealkylation sites (tertiary alicyclic amines) is 1. The number of carbonyl (C=O) groups is 1. The number of aliphatic hydroxyl groups is 1. The van der Waals surface area contributed by atoms with Crippen molar-refractivity contribution in [3.05, 3.63) is 52.3 Å². The molecule has 10 nitrogen and oxygen atoms in total. The van der Waals surface area contributed by atoms with Crippen LogP contribution in [0.2, 0.25) is 5.02 Å². The number of nitrogens with zero attached hydrogens (tertiary/aromatic N) is 5. The quantitative estimate of drug-likeness (QED) is 0.501. The predicted molar refractivity (Wildman–Crippen MR) is 138 cm³/mol. The number of piperidine rings is 1. The SMILES string of the molecule is Cc1cn2nc(C3CCCCN3C(=O)c3cc(Cl)ccc3NS(C)(=O)=O)cc2nc1N1CC(CO)C1. The summed E-state index contributed by atoms with van der Waals surface area (Å²) in [6, 6.07) is 6.19. The van der Waals surface area contributed by atoms with Gasteiger partial charge in [0, 0.05) is 55.0 Å². The lowest BCUT2D eigenvalue weighted by atomic mass is 9.98. The van der Waals surface area contributed by atoms with Crippen molar-refractivity contribution in [2.75, 3.05) is 42.1 Å². The molecule has 5 rings (SSSR count). The summed E-state index contributed by atoms with van der Waals surface area (Å²) in [7, 11) is -3.58. The van der Waals surface area contributed by atoms with Crippen LogP contribution in [0.1, 0.15) is 46.9 Å². The third kappa shape index (κ3) is 4.87. The predicted octanol–water partition coefficient (Wildman–Crippen LogP) is 2.86. The van der Waals surface area contributed by atoms with E-state index in [1.807, 2.05) is 19.2 Å². The van der Waals surface area contributed by atoms with Crippen molar-refractivity contribution in [2.45, 2.75) is 32.2 Å². The fourth-order valence-corrected chi connectivity index (χ4v) is 5.73. The second-order valence-electron chi connectivity index (χ2n) is 9.65. The first-order valence-corrected chi connectivity index (χ1v) is 14.2. The number of fused-ring (bicyclic) bond motifs is 1. The van der Waals surface area contributed by atoms with E-state index >= 15 is 0 Å². The molecule has 36 heavy (non-hydrogen) atoms. The highest BCUT2D eigenvalue weighted by Crippen LogP contribution is 2.34. The van der Waals surface area contributed by atoms with E-state index in [1.54, 1.807) is 15.5 Å². The lowest BCUT2D eigenvalue weighted by Crippen LogP contribution is -2.49. The highest BCUT2D eigenvalue weighted by molar-refractivity contribution is 7.92. The van der Waals surface area contributed by atoms with Gasteiger partial charge in [0.2, 0.25) is 10.0 Å². The third-order valence-electron chi connectivity index (χ3n) is 6.75. The molecule has 0 spiro atoms. The molecule has 2 aliphatic rings. The summed E-state index contributed by atoms with van der Waals surface area (Å²) in [6.07, 6.45) is 5.51. The maximum atomic E-state index is 13.7. The molecule has 12 heteroatoms. The molecule has 2 aromatic heterocycles. The van der Waals surface area contributed by atoms with Gasteiger partial charge in [-0.2, -0.15) is 5.10 Å². The number of hydrogen-bond donors (Lipinski definition) is 2. The Morgan fingerprint density at radius 2 is 2.03 bits per heavy atom. The van der Waals surface area contributed by atoms with Crippen LogP contribution in [0.25, 0.3) is 5.65 Å². The number of hydrogen-bond acceptors (Lipinski definition) is 7. The van der Waals surface area contributed by atoms with Crippen molar-refractivity contribution in [1.29, 1.82) is 0 Å². The summed E-state index contributed by atoms with van der Waals surface area (Å²) in [6.45, 7) is 4.23. The first kappa shape index (κ1) is 24.8. The average molecular weight is 533 g/mol. The fraction of sp³-hybridized carbons (Fsp3) is 0.458. The Morgan fingerprint density at radius 1 is 1.25 bits per heavy atom. The summed E-state index contributed by atoms with van der Waals surface area (Å²) < 4.78 is 27.9. The number of anilines is 2. The van der Waals surface area contributed by atoms with E-state index in [0.717, 1.165) is 55.7 Å². The highest BCUT2D eigenvalue weighted by Gasteiger charge is 2.33. The molecule has 0 bridgehead atoms. The molecule has 2 saturated heterocycles. The number of aromatic nitrogens is 3. The van der Waals surface area contributed by atoms with E-state index in [2.05, 4.69) is 9.62 Å². The van der Waals surface area contributed by atoms with E-state index in [0.29, 0.717) is 17.2 Å². The number of aliphatic hydroxyl groups excluding tert-OH is 1. The van der Waals surface area contributed by atoms with Crippen molar-refractivity contribution < 1.29 is 18.3 Å². The van der Waals surface area contributed by atoms with Gasteiger partial charge in [-0.1, -0.05) is 11.6 Å². The normalized spacial score (nSPS) is 18.9. The van der Waals surface area contributed by atoms with Crippen LogP contribution < -0.4 is 9.62 Å². The standard InChI is InChI=1S/C24H29ClN6O4S/c1-15-11-31-22(26-23(15)29-12-16(13-29)14-32)10-20(27-31)21-5-3-4-8-30(21)24(33)18-9-17(25)6-7-19(18)28-36(2,34)35/h6-7,9-11,16,21,28,32H,3-5,8,12-14H2,1-2H3. The lowest BCUT2D eigenvalue weighted by Gasteiger charge is -2.39. The minimum atomic E-state index is -3.58. The molecule has 1 unspecified atom stereocenters. The molecule has 2 fully saturated rings. The first-order valence-electron chi connectivity index (χ1n) is 11.9. The van der Waals surface area contributed by atoms with Crippen LogP contribution in [-0.2, 0) is 10.0 Å². The fourth-order valence-electron chi connectivity index (χ4n) is 4.98. The van der Waals surface area contributed by atoms with Gasteiger partial charge in [-0.3, -0.25) is 9.52 Å². The molecule has 1 atom stereocenters. The number of benzene rings is 1. The zero-order valence-electron chi connectivity index (χ0n) is 20.2. The number of halogens is 1.